The highest BCUT2D eigenvalue weighted by molar-refractivity contribution is 7.90. The minimum absolute atomic E-state index is 0.185. The lowest BCUT2D eigenvalue weighted by atomic mass is 9.91. The van der Waals surface area contributed by atoms with E-state index in [-0.39, 0.29) is 16.9 Å². The Bertz CT molecular complexity index is 1440. The van der Waals surface area contributed by atoms with Gasteiger partial charge in [-0.3, -0.25) is 0 Å². The maximum absolute atomic E-state index is 13.3. The van der Waals surface area contributed by atoms with Gasteiger partial charge in [0.25, 0.3) is 10.0 Å². The molecule has 2 aromatic heterocycles. The highest BCUT2D eigenvalue weighted by Crippen LogP contribution is 2.32. The molecule has 9 heteroatoms. The summed E-state index contributed by atoms with van der Waals surface area (Å²) in [7, 11) is -3.77. The minimum atomic E-state index is -3.77. The zero-order valence-electron chi connectivity index (χ0n) is 19.1. The number of rotatable bonds is 4. The van der Waals surface area contributed by atoms with Crippen LogP contribution >= 0.6 is 0 Å². The number of amides is 1. The normalized spacial score (nSPS) is 14.9. The van der Waals surface area contributed by atoms with Crippen LogP contribution < -0.4 is 0 Å². The molecule has 1 aliphatic rings. The molecule has 0 unspecified atom stereocenters. The van der Waals surface area contributed by atoms with Crippen LogP contribution in [0.4, 0.5) is 4.79 Å². The van der Waals surface area contributed by atoms with E-state index in [2.05, 4.69) is 4.98 Å². The molecule has 176 valence electrons. The monoisotopic (exact) mass is 479 g/mol. The maximum atomic E-state index is 13.3. The van der Waals surface area contributed by atoms with Crippen molar-refractivity contribution in [2.45, 2.75) is 37.2 Å². The number of hydrogen-bond acceptors (Lipinski definition) is 6. The number of carbonyl (C=O) groups is 1. The molecule has 5 rings (SSSR count). The maximum Gasteiger partial charge on any atom is 0.410 e. The molecule has 4 aromatic rings. The third kappa shape index (κ3) is 4.07. The van der Waals surface area contributed by atoms with E-state index < -0.39 is 15.6 Å². The molecule has 1 saturated heterocycles. The summed E-state index contributed by atoms with van der Waals surface area (Å²) in [5, 5.41) is 0.829. The van der Waals surface area contributed by atoms with Crippen molar-refractivity contribution < 1.29 is 22.4 Å². The van der Waals surface area contributed by atoms with Crippen molar-refractivity contribution in [2.24, 2.45) is 0 Å². The summed E-state index contributed by atoms with van der Waals surface area (Å²) < 4.78 is 38.6. The molecule has 34 heavy (non-hydrogen) atoms. The fourth-order valence-corrected chi connectivity index (χ4v) is 5.38. The Hall–Kier alpha value is -3.59. The molecule has 0 spiro atoms. The largest absolute Gasteiger partial charge is 0.444 e. The molecular formula is C25H25N3O5S. The van der Waals surface area contributed by atoms with Gasteiger partial charge in [0.05, 0.1) is 16.6 Å². The van der Waals surface area contributed by atoms with E-state index in [1.165, 1.54) is 10.4 Å². The number of oxazole rings is 1. The molecule has 0 radical (unpaired) electrons. The number of likely N-dealkylation sites (tertiary alicyclic amines) is 1. The number of carbonyl (C=O) groups excluding carboxylic acids is 1. The van der Waals surface area contributed by atoms with Gasteiger partial charge in [-0.15, -0.1) is 0 Å². The summed E-state index contributed by atoms with van der Waals surface area (Å²) >= 11 is 0. The van der Waals surface area contributed by atoms with Crippen LogP contribution in [0.5, 0.6) is 0 Å². The van der Waals surface area contributed by atoms with Gasteiger partial charge in [-0.05, 0) is 68.8 Å². The molecule has 0 aliphatic carbocycles. The second-order valence-electron chi connectivity index (χ2n) is 9.41. The molecule has 1 fully saturated rings. The van der Waals surface area contributed by atoms with E-state index in [0.29, 0.717) is 24.4 Å². The van der Waals surface area contributed by atoms with Crippen LogP contribution in [0.1, 0.15) is 32.3 Å². The third-order valence-corrected chi connectivity index (χ3v) is 7.52. The van der Waals surface area contributed by atoms with E-state index in [4.69, 9.17) is 9.15 Å². The van der Waals surface area contributed by atoms with Crippen LogP contribution in [0.25, 0.3) is 22.2 Å². The van der Waals surface area contributed by atoms with Gasteiger partial charge in [0, 0.05) is 36.2 Å². The van der Waals surface area contributed by atoms with E-state index >= 15 is 0 Å². The Morgan fingerprint density at radius 2 is 1.82 bits per heavy atom. The Morgan fingerprint density at radius 3 is 2.47 bits per heavy atom. The smallest absolute Gasteiger partial charge is 0.410 e. The molecule has 0 atom stereocenters. The van der Waals surface area contributed by atoms with Gasteiger partial charge >= 0.3 is 6.09 Å². The first-order valence-electron chi connectivity index (χ1n) is 11.0. The van der Waals surface area contributed by atoms with Crippen molar-refractivity contribution in [3.63, 3.8) is 0 Å². The first-order chi connectivity index (χ1) is 16.1. The average molecular weight is 480 g/mol. The molecule has 3 heterocycles. The lowest BCUT2D eigenvalue weighted by Gasteiger charge is -2.40. The Balaban J connectivity index is 1.34. The fourth-order valence-electron chi connectivity index (χ4n) is 4.03. The summed E-state index contributed by atoms with van der Waals surface area (Å²) in [6, 6.07) is 14.1. The van der Waals surface area contributed by atoms with E-state index in [1.54, 1.807) is 47.6 Å². The van der Waals surface area contributed by atoms with Crippen molar-refractivity contribution in [2.75, 3.05) is 13.1 Å². The second kappa shape index (κ2) is 8.02. The number of ether oxygens (including phenoxy) is 1. The van der Waals surface area contributed by atoms with Crippen LogP contribution in [0.2, 0.25) is 0 Å². The zero-order valence-corrected chi connectivity index (χ0v) is 20.0. The number of fused-ring (bicyclic) bond motifs is 1. The van der Waals surface area contributed by atoms with Gasteiger partial charge in [0.2, 0.25) is 0 Å². The SMILES string of the molecule is CC(C)(C)OC(=O)N1CC(c2ccc3c(ccn3S(=O)(=O)c3ccc(-c4cnco4)cc3)c2)C1. The van der Waals surface area contributed by atoms with Gasteiger partial charge in [-0.25, -0.2) is 22.2 Å². The quantitative estimate of drug-likeness (QED) is 0.415. The Labute approximate surface area is 197 Å². The second-order valence-corrected chi connectivity index (χ2v) is 11.2. The predicted molar refractivity (Wildman–Crippen MR) is 127 cm³/mol. The predicted octanol–water partition coefficient (Wildman–Crippen LogP) is 4.87. The summed E-state index contributed by atoms with van der Waals surface area (Å²) in [5.74, 6) is 0.768. The van der Waals surface area contributed by atoms with Gasteiger partial charge in [-0.2, -0.15) is 0 Å². The highest BCUT2D eigenvalue weighted by Gasteiger charge is 2.34. The van der Waals surface area contributed by atoms with Crippen molar-refractivity contribution in [3.8, 4) is 11.3 Å². The number of aromatic nitrogens is 2. The van der Waals surface area contributed by atoms with Crippen molar-refractivity contribution in [3.05, 3.63) is 72.9 Å². The summed E-state index contributed by atoms with van der Waals surface area (Å²) in [6.45, 7) is 6.70. The van der Waals surface area contributed by atoms with Crippen LogP contribution in [0.15, 0.2) is 76.6 Å². The van der Waals surface area contributed by atoms with Crippen molar-refractivity contribution in [1.29, 1.82) is 0 Å². The summed E-state index contributed by atoms with van der Waals surface area (Å²) in [5.41, 5.74) is 1.90. The van der Waals surface area contributed by atoms with Crippen LogP contribution in [0.3, 0.4) is 0 Å². The summed E-state index contributed by atoms with van der Waals surface area (Å²) in [6.07, 6.45) is 4.17. The topological polar surface area (TPSA) is 94.6 Å². The number of benzene rings is 2. The van der Waals surface area contributed by atoms with E-state index in [1.807, 2.05) is 39.0 Å². The zero-order chi connectivity index (χ0) is 24.1. The lowest BCUT2D eigenvalue weighted by molar-refractivity contribution is 0.00820. The van der Waals surface area contributed by atoms with Crippen LogP contribution in [-0.4, -0.2) is 47.1 Å². The van der Waals surface area contributed by atoms with Gasteiger partial charge in [0.1, 0.15) is 5.60 Å². The van der Waals surface area contributed by atoms with Gasteiger partial charge < -0.3 is 14.1 Å². The first kappa shape index (κ1) is 22.2. The third-order valence-electron chi connectivity index (χ3n) is 5.81. The molecule has 1 aliphatic heterocycles. The molecule has 0 bridgehead atoms. The lowest BCUT2D eigenvalue weighted by Crippen LogP contribution is -2.50. The highest BCUT2D eigenvalue weighted by atomic mass is 32.2. The first-order valence-corrected chi connectivity index (χ1v) is 12.4. The number of hydrogen-bond donors (Lipinski definition) is 0. The molecule has 1 amide bonds. The van der Waals surface area contributed by atoms with E-state index in [9.17, 15) is 13.2 Å². The fraction of sp³-hybridized carbons (Fsp3) is 0.280. The van der Waals surface area contributed by atoms with Crippen LogP contribution in [-0.2, 0) is 14.8 Å². The average Bonchev–Trinajstić information content (AvgIpc) is 3.41. The summed E-state index contributed by atoms with van der Waals surface area (Å²) in [4.78, 5) is 17.9. The van der Waals surface area contributed by atoms with Crippen LogP contribution in [0, 0.1) is 0 Å². The standard InChI is InChI=1S/C25H25N3O5S/c1-25(2,3)33-24(29)27-14-20(15-27)18-6-9-22-19(12-18)10-11-28(22)34(30,31)21-7-4-17(5-8-21)23-13-26-16-32-23/h4-13,16,20H,14-15H2,1-3H3. The van der Waals surface area contributed by atoms with Crippen molar-refractivity contribution >= 4 is 27.0 Å². The molecular weight excluding hydrogens is 454 g/mol. The Kier molecular flexibility index (Phi) is 5.24. The van der Waals surface area contributed by atoms with Gasteiger partial charge in [-0.1, -0.05) is 6.07 Å². The minimum Gasteiger partial charge on any atom is -0.444 e. The molecule has 0 N–H and O–H groups in total. The number of nitrogens with zero attached hydrogens (tertiary/aromatic N) is 3. The molecule has 2 aromatic carbocycles. The molecule has 8 nitrogen and oxygen atoms in total. The Morgan fingerprint density at radius 1 is 1.09 bits per heavy atom. The molecule has 0 saturated carbocycles. The van der Waals surface area contributed by atoms with Gasteiger partial charge in [0.15, 0.2) is 12.2 Å². The van der Waals surface area contributed by atoms with Crippen molar-refractivity contribution in [1.82, 2.24) is 13.9 Å². The van der Waals surface area contributed by atoms with E-state index in [0.717, 1.165) is 16.5 Å².